The predicted molar refractivity (Wildman–Crippen MR) is 73.4 cm³/mol. The highest BCUT2D eigenvalue weighted by Crippen LogP contribution is 2.42. The molecule has 2 aromatic rings. The zero-order chi connectivity index (χ0) is 12.4. The van der Waals surface area contributed by atoms with Crippen molar-refractivity contribution in [2.45, 2.75) is 25.8 Å². The topological polar surface area (TPSA) is 43.6 Å². The highest BCUT2D eigenvalue weighted by molar-refractivity contribution is 7.80. The quantitative estimate of drug-likeness (QED) is 0.859. The number of aromatic nitrogens is 4. The first-order chi connectivity index (χ1) is 8.81. The lowest BCUT2D eigenvalue weighted by molar-refractivity contribution is 0.124. The molecule has 1 fully saturated rings. The Morgan fingerprint density at radius 3 is 2.61 bits per heavy atom. The first kappa shape index (κ1) is 11.7. The highest BCUT2D eigenvalue weighted by Gasteiger charge is 2.36. The Hall–Kier alpha value is -1.36. The van der Waals surface area contributed by atoms with E-state index in [-0.39, 0.29) is 5.41 Å². The molecule has 1 aliphatic rings. The van der Waals surface area contributed by atoms with Gasteiger partial charge >= 0.3 is 0 Å². The first-order valence-corrected chi connectivity index (χ1v) is 6.89. The summed E-state index contributed by atoms with van der Waals surface area (Å²) in [6.45, 7) is 0.830. The fourth-order valence-corrected chi connectivity index (χ4v) is 2.77. The van der Waals surface area contributed by atoms with Crippen LogP contribution in [0.25, 0.3) is 11.4 Å². The summed E-state index contributed by atoms with van der Waals surface area (Å²) in [7, 11) is 0. The fraction of sp³-hybridized carbons (Fsp3) is 0.462. The van der Waals surface area contributed by atoms with E-state index < -0.39 is 0 Å². The number of hydrogen-bond donors (Lipinski definition) is 1. The number of rotatable bonds is 4. The molecule has 0 amide bonds. The molecule has 94 valence electrons. The molecule has 1 saturated carbocycles. The van der Waals surface area contributed by atoms with Crippen LogP contribution >= 0.6 is 12.6 Å². The van der Waals surface area contributed by atoms with Gasteiger partial charge in [-0.25, -0.2) is 0 Å². The molecule has 1 aromatic carbocycles. The molecular formula is C13H16N4S. The lowest BCUT2D eigenvalue weighted by Gasteiger charge is -2.39. The van der Waals surface area contributed by atoms with Crippen LogP contribution in [-0.2, 0) is 6.54 Å². The Morgan fingerprint density at radius 2 is 2.00 bits per heavy atom. The van der Waals surface area contributed by atoms with Crippen molar-refractivity contribution in [1.82, 2.24) is 20.2 Å². The molecule has 0 saturated heterocycles. The van der Waals surface area contributed by atoms with Crippen molar-refractivity contribution in [2.24, 2.45) is 5.41 Å². The second kappa shape index (κ2) is 4.72. The van der Waals surface area contributed by atoms with E-state index >= 15 is 0 Å². The minimum atomic E-state index is 0.289. The normalized spacial score (nSPS) is 17.4. The molecule has 0 radical (unpaired) electrons. The fourth-order valence-electron chi connectivity index (χ4n) is 2.36. The van der Waals surface area contributed by atoms with Crippen LogP contribution in [0.15, 0.2) is 30.3 Å². The van der Waals surface area contributed by atoms with Crippen molar-refractivity contribution in [3.63, 3.8) is 0 Å². The summed E-state index contributed by atoms with van der Waals surface area (Å²) < 4.78 is 0. The van der Waals surface area contributed by atoms with Crippen LogP contribution in [0.5, 0.6) is 0 Å². The van der Waals surface area contributed by atoms with Crippen molar-refractivity contribution in [1.29, 1.82) is 0 Å². The van der Waals surface area contributed by atoms with E-state index in [1.807, 2.05) is 30.3 Å². The smallest absolute Gasteiger partial charge is 0.179 e. The molecule has 3 rings (SSSR count). The van der Waals surface area contributed by atoms with Crippen LogP contribution in [0.3, 0.4) is 0 Å². The molecule has 0 N–H and O–H groups in total. The Balaban J connectivity index is 1.78. The van der Waals surface area contributed by atoms with Crippen LogP contribution in [0.2, 0.25) is 0 Å². The SMILES string of the molecule is SCC1(Cn2nnc(-c3ccccc3)n2)CCC1. The van der Waals surface area contributed by atoms with Crippen LogP contribution in [0, 0.1) is 5.41 Å². The summed E-state index contributed by atoms with van der Waals surface area (Å²) in [5.41, 5.74) is 1.30. The number of benzene rings is 1. The van der Waals surface area contributed by atoms with Gasteiger partial charge in [0.15, 0.2) is 0 Å². The number of nitrogens with zero attached hydrogens (tertiary/aromatic N) is 4. The molecule has 0 bridgehead atoms. The summed E-state index contributed by atoms with van der Waals surface area (Å²) >= 11 is 4.45. The van der Waals surface area contributed by atoms with Gasteiger partial charge < -0.3 is 0 Å². The van der Waals surface area contributed by atoms with Gasteiger partial charge in [-0.3, -0.25) is 0 Å². The minimum absolute atomic E-state index is 0.289. The van der Waals surface area contributed by atoms with E-state index in [1.165, 1.54) is 19.3 Å². The molecule has 0 spiro atoms. The average molecular weight is 260 g/mol. The molecule has 4 nitrogen and oxygen atoms in total. The standard InChI is InChI=1S/C13H16N4S/c18-10-13(7-4-8-13)9-17-15-12(14-16-17)11-5-2-1-3-6-11/h1-3,5-6,18H,4,7-10H2. The van der Waals surface area contributed by atoms with Gasteiger partial charge in [0.25, 0.3) is 0 Å². The van der Waals surface area contributed by atoms with Crippen LogP contribution in [-0.4, -0.2) is 26.0 Å². The molecule has 18 heavy (non-hydrogen) atoms. The Morgan fingerprint density at radius 1 is 1.22 bits per heavy atom. The maximum absolute atomic E-state index is 4.46. The minimum Gasteiger partial charge on any atom is -0.179 e. The van der Waals surface area contributed by atoms with Gasteiger partial charge in [-0.2, -0.15) is 17.4 Å². The largest absolute Gasteiger partial charge is 0.204 e. The number of thiol groups is 1. The molecule has 0 aliphatic heterocycles. The third-order valence-corrected chi connectivity index (χ3v) is 4.38. The van der Waals surface area contributed by atoms with Gasteiger partial charge in [0.2, 0.25) is 5.82 Å². The van der Waals surface area contributed by atoms with Gasteiger partial charge in [0.05, 0.1) is 6.54 Å². The molecule has 0 unspecified atom stereocenters. The number of tetrazole rings is 1. The van der Waals surface area contributed by atoms with E-state index in [0.29, 0.717) is 5.82 Å². The number of hydrogen-bond acceptors (Lipinski definition) is 4. The van der Waals surface area contributed by atoms with Crippen molar-refractivity contribution < 1.29 is 0 Å². The maximum Gasteiger partial charge on any atom is 0.204 e. The first-order valence-electron chi connectivity index (χ1n) is 6.25. The van der Waals surface area contributed by atoms with Crippen LogP contribution < -0.4 is 0 Å². The molecule has 1 heterocycles. The van der Waals surface area contributed by atoms with E-state index in [2.05, 4.69) is 28.0 Å². The molecule has 1 aromatic heterocycles. The van der Waals surface area contributed by atoms with E-state index in [0.717, 1.165) is 17.9 Å². The van der Waals surface area contributed by atoms with Crippen molar-refractivity contribution >= 4 is 12.6 Å². The summed E-state index contributed by atoms with van der Waals surface area (Å²) in [6, 6.07) is 9.95. The Labute approximate surface area is 112 Å². The van der Waals surface area contributed by atoms with Crippen LogP contribution in [0.4, 0.5) is 0 Å². The summed E-state index contributed by atoms with van der Waals surface area (Å²) in [6.07, 6.45) is 3.73. The zero-order valence-electron chi connectivity index (χ0n) is 10.2. The van der Waals surface area contributed by atoms with E-state index in [1.54, 1.807) is 4.80 Å². The molecule has 5 heteroatoms. The lowest BCUT2D eigenvalue weighted by atomic mass is 9.70. The second-order valence-corrected chi connectivity index (χ2v) is 5.34. The van der Waals surface area contributed by atoms with E-state index in [4.69, 9.17) is 0 Å². The summed E-state index contributed by atoms with van der Waals surface area (Å²) in [4.78, 5) is 1.72. The Kier molecular flexibility index (Phi) is 3.07. The van der Waals surface area contributed by atoms with E-state index in [9.17, 15) is 0 Å². The van der Waals surface area contributed by atoms with Crippen LogP contribution in [0.1, 0.15) is 19.3 Å². The van der Waals surface area contributed by atoms with Crippen molar-refractivity contribution in [3.8, 4) is 11.4 Å². The zero-order valence-corrected chi connectivity index (χ0v) is 11.1. The van der Waals surface area contributed by atoms with Crippen molar-refractivity contribution in [3.05, 3.63) is 30.3 Å². The molecular weight excluding hydrogens is 244 g/mol. The van der Waals surface area contributed by atoms with Crippen molar-refractivity contribution in [2.75, 3.05) is 5.75 Å². The highest BCUT2D eigenvalue weighted by atomic mass is 32.1. The third-order valence-electron chi connectivity index (χ3n) is 3.71. The molecule has 1 aliphatic carbocycles. The van der Waals surface area contributed by atoms with Gasteiger partial charge in [-0.05, 0) is 23.8 Å². The monoisotopic (exact) mass is 260 g/mol. The van der Waals surface area contributed by atoms with Gasteiger partial charge in [0, 0.05) is 11.0 Å². The lowest BCUT2D eigenvalue weighted by Crippen LogP contribution is -2.36. The average Bonchev–Trinajstić information content (AvgIpc) is 2.83. The predicted octanol–water partition coefficient (Wildman–Crippen LogP) is 2.44. The molecule has 0 atom stereocenters. The van der Waals surface area contributed by atoms with Gasteiger partial charge in [-0.1, -0.05) is 36.8 Å². The summed E-state index contributed by atoms with van der Waals surface area (Å²) in [5.74, 6) is 1.60. The maximum atomic E-state index is 4.46. The summed E-state index contributed by atoms with van der Waals surface area (Å²) in [5, 5.41) is 12.7. The third kappa shape index (κ3) is 2.14. The second-order valence-electron chi connectivity index (χ2n) is 5.02. The Bertz CT molecular complexity index is 513. The van der Waals surface area contributed by atoms with Gasteiger partial charge in [0.1, 0.15) is 0 Å². The van der Waals surface area contributed by atoms with Gasteiger partial charge in [-0.15, -0.1) is 10.2 Å².